The number of carbonyl (C=O) groups is 2. The van der Waals surface area contributed by atoms with E-state index in [1.165, 1.54) is 47.4 Å². The van der Waals surface area contributed by atoms with Gasteiger partial charge in [0.05, 0.1) is 10.6 Å². The van der Waals surface area contributed by atoms with Crippen LogP contribution in [0.3, 0.4) is 0 Å². The third-order valence-electron chi connectivity index (χ3n) is 6.41. The van der Waals surface area contributed by atoms with Crippen molar-refractivity contribution in [2.45, 2.75) is 37.8 Å². The van der Waals surface area contributed by atoms with Crippen LogP contribution >= 0.6 is 0 Å². The quantitative estimate of drug-likeness (QED) is 0.377. The van der Waals surface area contributed by atoms with E-state index in [1.807, 2.05) is 6.92 Å². The molecule has 1 N–H and O–H groups in total. The average molecular weight is 570 g/mol. The van der Waals surface area contributed by atoms with E-state index >= 15 is 0 Å². The van der Waals surface area contributed by atoms with E-state index < -0.39 is 34.3 Å². The van der Waals surface area contributed by atoms with Crippen LogP contribution in [0.15, 0.2) is 77.7 Å². The molecule has 3 aromatic carbocycles. The monoisotopic (exact) mass is 569 g/mol. The van der Waals surface area contributed by atoms with E-state index in [2.05, 4.69) is 5.32 Å². The van der Waals surface area contributed by atoms with Gasteiger partial charge in [0.25, 0.3) is 10.0 Å². The standard InChI is InChI=1S/C29H32FN3O6S/c1-3-15-31-29(35)21(2)32(19-22-9-11-23(30)12-10-22)28(34)20-33(40(36,37)25-7-5-4-6-8-25)24-13-14-26-27(18-24)39-17-16-38-26/h4-14,18,21H,3,15-17,19-20H2,1-2H3,(H,31,35)/t21-/m1/s1. The number of rotatable bonds is 11. The zero-order chi connectivity index (χ0) is 28.7. The largest absolute Gasteiger partial charge is 0.486 e. The highest BCUT2D eigenvalue weighted by Gasteiger charge is 2.33. The molecule has 0 unspecified atom stereocenters. The first kappa shape index (κ1) is 28.9. The molecular formula is C29H32FN3O6S. The lowest BCUT2D eigenvalue weighted by molar-refractivity contribution is -0.139. The van der Waals surface area contributed by atoms with Gasteiger partial charge in [0, 0.05) is 19.2 Å². The van der Waals surface area contributed by atoms with Gasteiger partial charge in [-0.05, 0) is 55.3 Å². The third-order valence-corrected chi connectivity index (χ3v) is 8.19. The highest BCUT2D eigenvalue weighted by atomic mass is 32.2. The Hall–Kier alpha value is -4.12. The summed E-state index contributed by atoms with van der Waals surface area (Å²) in [7, 11) is -4.21. The van der Waals surface area contributed by atoms with Gasteiger partial charge in [-0.15, -0.1) is 0 Å². The molecule has 11 heteroatoms. The smallest absolute Gasteiger partial charge is 0.264 e. The third kappa shape index (κ3) is 6.71. The molecule has 40 heavy (non-hydrogen) atoms. The van der Waals surface area contributed by atoms with Gasteiger partial charge >= 0.3 is 0 Å². The van der Waals surface area contributed by atoms with Crippen molar-refractivity contribution < 1.29 is 31.9 Å². The fourth-order valence-corrected chi connectivity index (χ4v) is 5.63. The summed E-state index contributed by atoms with van der Waals surface area (Å²) in [6.07, 6.45) is 0.706. The summed E-state index contributed by atoms with van der Waals surface area (Å²) in [5, 5.41) is 2.78. The van der Waals surface area contributed by atoms with Crippen LogP contribution in [-0.2, 0) is 26.2 Å². The maximum absolute atomic E-state index is 13.9. The predicted molar refractivity (Wildman–Crippen MR) is 148 cm³/mol. The number of benzene rings is 3. The Morgan fingerprint density at radius 2 is 1.65 bits per heavy atom. The number of ether oxygens (including phenoxy) is 2. The minimum absolute atomic E-state index is 0.00323. The minimum Gasteiger partial charge on any atom is -0.486 e. The predicted octanol–water partition coefficient (Wildman–Crippen LogP) is 3.74. The highest BCUT2D eigenvalue weighted by molar-refractivity contribution is 7.92. The normalized spacial score (nSPS) is 13.3. The Kier molecular flexibility index (Phi) is 9.26. The first-order valence-electron chi connectivity index (χ1n) is 13.0. The molecule has 0 radical (unpaired) electrons. The number of hydrogen-bond acceptors (Lipinski definition) is 6. The van der Waals surface area contributed by atoms with E-state index in [1.54, 1.807) is 37.3 Å². The van der Waals surface area contributed by atoms with Crippen molar-refractivity contribution >= 4 is 27.5 Å². The summed E-state index contributed by atoms with van der Waals surface area (Å²) in [5.41, 5.74) is 0.785. The van der Waals surface area contributed by atoms with E-state index in [0.29, 0.717) is 43.2 Å². The number of nitrogens with one attached hydrogen (secondary N) is 1. The molecule has 1 aliphatic heterocycles. The second-order valence-corrected chi connectivity index (χ2v) is 11.1. The highest BCUT2D eigenvalue weighted by Crippen LogP contribution is 2.36. The molecule has 0 aromatic heterocycles. The number of fused-ring (bicyclic) bond motifs is 1. The summed E-state index contributed by atoms with van der Waals surface area (Å²) >= 11 is 0. The number of hydrogen-bond donors (Lipinski definition) is 1. The maximum Gasteiger partial charge on any atom is 0.264 e. The Balaban J connectivity index is 1.71. The summed E-state index contributed by atoms with van der Waals surface area (Å²) in [5.74, 6) is -0.599. The van der Waals surface area contributed by atoms with E-state index in [0.717, 1.165) is 4.31 Å². The van der Waals surface area contributed by atoms with Crippen LogP contribution < -0.4 is 19.1 Å². The molecule has 9 nitrogen and oxygen atoms in total. The van der Waals surface area contributed by atoms with E-state index in [9.17, 15) is 22.4 Å². The minimum atomic E-state index is -4.21. The lowest BCUT2D eigenvalue weighted by atomic mass is 10.1. The van der Waals surface area contributed by atoms with Crippen molar-refractivity contribution in [1.82, 2.24) is 10.2 Å². The van der Waals surface area contributed by atoms with Gasteiger partial charge in [-0.1, -0.05) is 37.3 Å². The van der Waals surface area contributed by atoms with Gasteiger partial charge in [-0.2, -0.15) is 0 Å². The second kappa shape index (κ2) is 12.8. The number of halogens is 1. The van der Waals surface area contributed by atoms with Gasteiger partial charge in [-0.25, -0.2) is 12.8 Å². The fourth-order valence-electron chi connectivity index (χ4n) is 4.20. The second-order valence-electron chi connectivity index (χ2n) is 9.27. The van der Waals surface area contributed by atoms with Gasteiger partial charge in [-0.3, -0.25) is 13.9 Å². The summed E-state index contributed by atoms with van der Waals surface area (Å²) in [6, 6.07) is 17.1. The zero-order valence-corrected chi connectivity index (χ0v) is 23.2. The van der Waals surface area contributed by atoms with Crippen molar-refractivity contribution in [2.24, 2.45) is 0 Å². The van der Waals surface area contributed by atoms with Gasteiger partial charge in [0.2, 0.25) is 11.8 Å². The van der Waals surface area contributed by atoms with E-state index in [4.69, 9.17) is 9.47 Å². The van der Waals surface area contributed by atoms with E-state index in [-0.39, 0.29) is 23.0 Å². The van der Waals surface area contributed by atoms with Crippen LogP contribution in [-0.4, -0.2) is 57.5 Å². The molecule has 1 atom stereocenters. The Labute approximate surface area is 233 Å². The molecule has 4 rings (SSSR count). The summed E-state index contributed by atoms with van der Waals surface area (Å²) < 4.78 is 53.5. The molecule has 1 aliphatic rings. The SMILES string of the molecule is CCCNC(=O)[C@@H](C)N(Cc1ccc(F)cc1)C(=O)CN(c1ccc2c(c1)OCCO2)S(=O)(=O)c1ccccc1. The number of carbonyl (C=O) groups excluding carboxylic acids is 2. The van der Waals surface area contributed by atoms with Crippen molar-refractivity contribution in [3.63, 3.8) is 0 Å². The zero-order valence-electron chi connectivity index (χ0n) is 22.4. The molecule has 0 saturated heterocycles. The van der Waals surface area contributed by atoms with Crippen LogP contribution in [0.4, 0.5) is 10.1 Å². The van der Waals surface area contributed by atoms with Crippen LogP contribution in [0.5, 0.6) is 11.5 Å². The molecule has 0 fully saturated rings. The molecular weight excluding hydrogens is 537 g/mol. The Morgan fingerprint density at radius 3 is 2.33 bits per heavy atom. The fraction of sp³-hybridized carbons (Fsp3) is 0.310. The van der Waals surface area contributed by atoms with Crippen LogP contribution in [0, 0.1) is 5.82 Å². The van der Waals surface area contributed by atoms with Crippen LogP contribution in [0.2, 0.25) is 0 Å². The molecule has 0 saturated carbocycles. The molecule has 0 aliphatic carbocycles. The molecule has 1 heterocycles. The molecule has 0 bridgehead atoms. The van der Waals surface area contributed by atoms with Crippen molar-refractivity contribution in [3.05, 3.63) is 84.2 Å². The average Bonchev–Trinajstić information content (AvgIpc) is 2.98. The Morgan fingerprint density at radius 1 is 0.975 bits per heavy atom. The lowest BCUT2D eigenvalue weighted by Crippen LogP contribution is -2.51. The number of anilines is 1. The van der Waals surface area contributed by atoms with Crippen molar-refractivity contribution in [2.75, 3.05) is 30.6 Å². The van der Waals surface area contributed by atoms with Gasteiger partial charge in [0.1, 0.15) is 31.6 Å². The topological polar surface area (TPSA) is 105 Å². The lowest BCUT2D eigenvalue weighted by Gasteiger charge is -2.32. The van der Waals surface area contributed by atoms with Crippen molar-refractivity contribution in [1.29, 1.82) is 0 Å². The first-order chi connectivity index (χ1) is 19.2. The molecule has 3 aromatic rings. The molecule has 2 amide bonds. The summed E-state index contributed by atoms with van der Waals surface area (Å²) in [6.45, 7) is 3.96. The maximum atomic E-state index is 13.9. The van der Waals surface area contributed by atoms with Gasteiger partial charge < -0.3 is 19.7 Å². The van der Waals surface area contributed by atoms with Crippen molar-refractivity contribution in [3.8, 4) is 11.5 Å². The van der Waals surface area contributed by atoms with Crippen LogP contribution in [0.1, 0.15) is 25.8 Å². The number of nitrogens with zero attached hydrogens (tertiary/aromatic N) is 2. The summed E-state index contributed by atoms with van der Waals surface area (Å²) in [4.78, 5) is 28.1. The molecule has 0 spiro atoms. The van der Waals surface area contributed by atoms with Crippen LogP contribution in [0.25, 0.3) is 0 Å². The first-order valence-corrected chi connectivity index (χ1v) is 14.4. The van der Waals surface area contributed by atoms with Gasteiger partial charge in [0.15, 0.2) is 11.5 Å². The number of amides is 2. The molecule has 212 valence electrons. The Bertz CT molecular complexity index is 1430. The number of sulfonamides is 1.